The van der Waals surface area contributed by atoms with Gasteiger partial charge in [-0.3, -0.25) is 0 Å². The number of benzene rings is 2. The summed E-state index contributed by atoms with van der Waals surface area (Å²) in [5.74, 6) is 0. The van der Waals surface area contributed by atoms with Crippen LogP contribution in [0.4, 0.5) is 0 Å². The van der Waals surface area contributed by atoms with Crippen LogP contribution in [0.15, 0.2) is 48.7 Å². The van der Waals surface area contributed by atoms with Gasteiger partial charge in [0.25, 0.3) is 0 Å². The highest BCUT2D eigenvalue weighted by atomic mass is 15.2. The molecule has 3 nitrogen and oxygen atoms in total. The summed E-state index contributed by atoms with van der Waals surface area (Å²) < 4.78 is 2.36. The van der Waals surface area contributed by atoms with E-state index >= 15 is 0 Å². The van der Waals surface area contributed by atoms with E-state index in [4.69, 9.17) is 0 Å². The lowest BCUT2D eigenvalue weighted by molar-refractivity contribution is 0.324. The van der Waals surface area contributed by atoms with E-state index in [-0.39, 0.29) is 0 Å². The monoisotopic (exact) mass is 329 g/mol. The van der Waals surface area contributed by atoms with Crippen LogP contribution < -0.4 is 0 Å². The van der Waals surface area contributed by atoms with Crippen LogP contribution in [0, 0.1) is 18.3 Å². The molecule has 0 saturated carbocycles. The fourth-order valence-corrected chi connectivity index (χ4v) is 3.84. The van der Waals surface area contributed by atoms with Crippen molar-refractivity contribution in [3.05, 3.63) is 59.8 Å². The van der Waals surface area contributed by atoms with Gasteiger partial charge in [-0.2, -0.15) is 5.26 Å². The average Bonchev–Trinajstić information content (AvgIpc) is 3.30. The lowest BCUT2D eigenvalue weighted by Gasteiger charge is -2.15. The zero-order chi connectivity index (χ0) is 17.2. The Bertz CT molecular complexity index is 940. The summed E-state index contributed by atoms with van der Waals surface area (Å²) in [5, 5.41) is 10.6. The summed E-state index contributed by atoms with van der Waals surface area (Å²) in [7, 11) is 0. The topological polar surface area (TPSA) is 32.0 Å². The zero-order valence-corrected chi connectivity index (χ0v) is 14.7. The quantitative estimate of drug-likeness (QED) is 0.701. The summed E-state index contributed by atoms with van der Waals surface area (Å²) in [6.45, 7) is 6.62. The van der Waals surface area contributed by atoms with Gasteiger partial charge in [-0.05, 0) is 67.7 Å². The predicted molar refractivity (Wildman–Crippen MR) is 103 cm³/mol. The molecule has 1 fully saturated rings. The number of likely N-dealkylation sites (tertiary alicyclic amines) is 1. The molecule has 4 rings (SSSR count). The molecule has 126 valence electrons. The fraction of sp³-hybridized carbons (Fsp3) is 0.318. The number of aryl methyl sites for hydroxylation is 1. The molecule has 1 aliphatic rings. The Kier molecular flexibility index (Phi) is 4.29. The van der Waals surface area contributed by atoms with Crippen molar-refractivity contribution in [2.45, 2.75) is 26.3 Å². The average molecular weight is 329 g/mol. The third-order valence-electron chi connectivity index (χ3n) is 5.34. The van der Waals surface area contributed by atoms with E-state index in [1.807, 2.05) is 19.1 Å². The largest absolute Gasteiger partial charge is 0.346 e. The minimum Gasteiger partial charge on any atom is -0.346 e. The van der Waals surface area contributed by atoms with E-state index in [0.717, 1.165) is 29.8 Å². The Balaban J connectivity index is 1.68. The van der Waals surface area contributed by atoms with E-state index in [1.54, 1.807) is 0 Å². The van der Waals surface area contributed by atoms with E-state index in [0.29, 0.717) is 0 Å². The predicted octanol–water partition coefficient (Wildman–Crippen LogP) is 4.58. The fourth-order valence-electron chi connectivity index (χ4n) is 3.84. The van der Waals surface area contributed by atoms with Gasteiger partial charge >= 0.3 is 0 Å². The first-order valence-corrected chi connectivity index (χ1v) is 9.07. The van der Waals surface area contributed by atoms with Crippen molar-refractivity contribution < 1.29 is 0 Å². The summed E-state index contributed by atoms with van der Waals surface area (Å²) in [6, 6.07) is 17.1. The highest BCUT2D eigenvalue weighted by Gasteiger charge is 2.13. The van der Waals surface area contributed by atoms with Crippen molar-refractivity contribution >= 4 is 10.9 Å². The molecular formula is C22H23N3. The third kappa shape index (κ3) is 3.06. The molecule has 2 aromatic carbocycles. The Morgan fingerprint density at radius 3 is 2.68 bits per heavy atom. The molecule has 25 heavy (non-hydrogen) atoms. The van der Waals surface area contributed by atoms with Crippen LogP contribution in [-0.4, -0.2) is 29.1 Å². The molecular weight excluding hydrogens is 306 g/mol. The molecule has 0 N–H and O–H groups in total. The zero-order valence-electron chi connectivity index (χ0n) is 14.7. The van der Waals surface area contributed by atoms with Crippen molar-refractivity contribution in [1.29, 1.82) is 5.26 Å². The molecule has 1 saturated heterocycles. The second-order valence-corrected chi connectivity index (χ2v) is 6.94. The minimum atomic E-state index is 0.753. The van der Waals surface area contributed by atoms with Gasteiger partial charge in [0.2, 0.25) is 0 Å². The summed E-state index contributed by atoms with van der Waals surface area (Å²) in [5.41, 5.74) is 5.37. The van der Waals surface area contributed by atoms with E-state index in [1.165, 1.54) is 42.4 Å². The molecule has 0 bridgehead atoms. The molecule has 0 amide bonds. The molecule has 3 aromatic rings. The van der Waals surface area contributed by atoms with Gasteiger partial charge in [0.05, 0.1) is 11.6 Å². The van der Waals surface area contributed by atoms with Gasteiger partial charge in [-0.25, -0.2) is 0 Å². The van der Waals surface area contributed by atoms with Gasteiger partial charge in [0.1, 0.15) is 0 Å². The van der Waals surface area contributed by atoms with E-state index < -0.39 is 0 Å². The standard InChI is InChI=1S/C22H23N3/c1-17-7-8-18(15-19(17)16-23)20-5-4-6-22-21(20)9-12-25(22)14-13-24-10-2-3-11-24/h4-9,12,15H,2-3,10-11,13-14H2,1H3. The molecule has 0 aliphatic carbocycles. The van der Waals surface area contributed by atoms with Crippen LogP contribution >= 0.6 is 0 Å². The highest BCUT2D eigenvalue weighted by molar-refractivity contribution is 5.95. The number of hydrogen-bond donors (Lipinski definition) is 0. The van der Waals surface area contributed by atoms with Crippen molar-refractivity contribution in [2.75, 3.05) is 19.6 Å². The Morgan fingerprint density at radius 1 is 1.04 bits per heavy atom. The Hall–Kier alpha value is -2.57. The SMILES string of the molecule is Cc1ccc(-c2cccc3c2ccn3CCN2CCCC2)cc1C#N. The van der Waals surface area contributed by atoms with Crippen LogP contribution in [0.5, 0.6) is 0 Å². The number of nitrogens with zero attached hydrogens (tertiary/aromatic N) is 3. The lowest BCUT2D eigenvalue weighted by atomic mass is 9.98. The van der Waals surface area contributed by atoms with E-state index in [2.05, 4.69) is 52.1 Å². The lowest BCUT2D eigenvalue weighted by Crippen LogP contribution is -2.23. The molecule has 0 spiro atoms. The van der Waals surface area contributed by atoms with Gasteiger partial charge in [0, 0.05) is 30.2 Å². The van der Waals surface area contributed by atoms with Crippen molar-refractivity contribution in [1.82, 2.24) is 9.47 Å². The Labute approximate surface area is 149 Å². The van der Waals surface area contributed by atoms with Gasteiger partial charge in [-0.1, -0.05) is 24.3 Å². The summed E-state index contributed by atoms with van der Waals surface area (Å²) >= 11 is 0. The first-order valence-electron chi connectivity index (χ1n) is 9.07. The summed E-state index contributed by atoms with van der Waals surface area (Å²) in [4.78, 5) is 2.55. The van der Waals surface area contributed by atoms with Crippen molar-refractivity contribution in [3.8, 4) is 17.2 Å². The van der Waals surface area contributed by atoms with E-state index in [9.17, 15) is 5.26 Å². The first-order chi connectivity index (χ1) is 12.3. The number of rotatable bonds is 4. The maximum absolute atomic E-state index is 9.32. The van der Waals surface area contributed by atoms with Crippen LogP contribution in [0.2, 0.25) is 0 Å². The highest BCUT2D eigenvalue weighted by Crippen LogP contribution is 2.30. The maximum atomic E-state index is 9.32. The number of aromatic nitrogens is 1. The van der Waals surface area contributed by atoms with Crippen molar-refractivity contribution in [2.24, 2.45) is 0 Å². The molecule has 0 atom stereocenters. The maximum Gasteiger partial charge on any atom is 0.0994 e. The minimum absolute atomic E-state index is 0.753. The normalized spacial score (nSPS) is 14.9. The number of hydrogen-bond acceptors (Lipinski definition) is 2. The molecule has 0 unspecified atom stereocenters. The van der Waals surface area contributed by atoms with Crippen LogP contribution in [0.3, 0.4) is 0 Å². The Morgan fingerprint density at radius 2 is 1.88 bits per heavy atom. The first kappa shape index (κ1) is 15.9. The molecule has 2 heterocycles. The second-order valence-electron chi connectivity index (χ2n) is 6.94. The molecule has 1 aromatic heterocycles. The third-order valence-corrected chi connectivity index (χ3v) is 5.34. The van der Waals surface area contributed by atoms with Crippen LogP contribution in [0.1, 0.15) is 24.0 Å². The number of fused-ring (bicyclic) bond motifs is 1. The molecule has 1 aliphatic heterocycles. The number of nitriles is 1. The summed E-state index contributed by atoms with van der Waals surface area (Å²) in [6.07, 6.45) is 4.88. The van der Waals surface area contributed by atoms with Gasteiger partial charge < -0.3 is 9.47 Å². The molecule has 0 radical (unpaired) electrons. The van der Waals surface area contributed by atoms with Gasteiger partial charge in [0.15, 0.2) is 0 Å². The van der Waals surface area contributed by atoms with Crippen molar-refractivity contribution in [3.63, 3.8) is 0 Å². The van der Waals surface area contributed by atoms with Crippen LogP contribution in [-0.2, 0) is 6.54 Å². The van der Waals surface area contributed by atoms with Crippen LogP contribution in [0.25, 0.3) is 22.0 Å². The smallest absolute Gasteiger partial charge is 0.0994 e. The van der Waals surface area contributed by atoms with Gasteiger partial charge in [-0.15, -0.1) is 0 Å². The second kappa shape index (κ2) is 6.74. The molecule has 3 heteroatoms.